The normalized spacial score (nSPS) is 16.8. The lowest BCUT2D eigenvalue weighted by Gasteiger charge is -2.11. The van der Waals surface area contributed by atoms with Gasteiger partial charge in [-0.1, -0.05) is 0 Å². The molecule has 1 amide bonds. The van der Waals surface area contributed by atoms with E-state index in [0.29, 0.717) is 12.4 Å². The van der Waals surface area contributed by atoms with Gasteiger partial charge in [-0.2, -0.15) is 0 Å². The highest BCUT2D eigenvalue weighted by molar-refractivity contribution is 5.93. The average molecular weight is 313 g/mol. The highest BCUT2D eigenvalue weighted by Gasteiger charge is 2.23. The van der Waals surface area contributed by atoms with Crippen LogP contribution in [0.4, 0.5) is 17.2 Å². The third-order valence-electron chi connectivity index (χ3n) is 3.62. The van der Waals surface area contributed by atoms with Crippen LogP contribution < -0.4 is 15.4 Å². The zero-order valence-corrected chi connectivity index (χ0v) is 12.9. The molecule has 0 saturated carbocycles. The smallest absolute Gasteiger partial charge is 0.254 e. The molecule has 0 spiro atoms. The summed E-state index contributed by atoms with van der Waals surface area (Å²) in [5.74, 6) is 1.19. The Balaban J connectivity index is 1.58. The van der Waals surface area contributed by atoms with Gasteiger partial charge in [0.15, 0.2) is 0 Å². The van der Waals surface area contributed by atoms with Gasteiger partial charge in [-0.25, -0.2) is 4.98 Å². The van der Waals surface area contributed by atoms with Crippen molar-refractivity contribution in [3.63, 3.8) is 0 Å². The first kappa shape index (κ1) is 15.3. The minimum absolute atomic E-state index is 0.133. The number of aromatic nitrogens is 1. The minimum atomic E-state index is -0.353. The zero-order valence-electron chi connectivity index (χ0n) is 12.9. The Morgan fingerprint density at radius 2 is 2.00 bits per heavy atom. The second-order valence-electron chi connectivity index (χ2n) is 5.28. The quantitative estimate of drug-likeness (QED) is 0.888. The van der Waals surface area contributed by atoms with E-state index in [1.165, 1.54) is 0 Å². The van der Waals surface area contributed by atoms with E-state index in [1.807, 2.05) is 30.3 Å². The lowest BCUT2D eigenvalue weighted by molar-refractivity contribution is -0.124. The summed E-state index contributed by atoms with van der Waals surface area (Å²) in [5, 5.41) is 6.01. The molecule has 0 radical (unpaired) electrons. The van der Waals surface area contributed by atoms with Gasteiger partial charge in [0, 0.05) is 12.3 Å². The lowest BCUT2D eigenvalue weighted by atomic mass is 10.2. The number of anilines is 3. The molecule has 1 aliphatic rings. The second-order valence-corrected chi connectivity index (χ2v) is 5.28. The molecule has 23 heavy (non-hydrogen) atoms. The molecule has 1 unspecified atom stereocenters. The van der Waals surface area contributed by atoms with Crippen LogP contribution in [0.2, 0.25) is 0 Å². The number of nitrogens with zero attached hydrogens (tertiary/aromatic N) is 1. The number of carbonyl (C=O) groups excluding carboxylic acids is 1. The van der Waals surface area contributed by atoms with Crippen LogP contribution in [-0.2, 0) is 9.53 Å². The maximum absolute atomic E-state index is 11.9. The minimum Gasteiger partial charge on any atom is -0.497 e. The molecule has 0 bridgehead atoms. The molecule has 120 valence electrons. The van der Waals surface area contributed by atoms with Gasteiger partial charge in [-0.15, -0.1) is 0 Å². The SMILES string of the molecule is COc1ccc(Nc2ccc(NC(=O)C3CCCO3)nc2)cc1. The fourth-order valence-corrected chi connectivity index (χ4v) is 2.37. The topological polar surface area (TPSA) is 72.5 Å². The van der Waals surface area contributed by atoms with Crippen molar-refractivity contribution < 1.29 is 14.3 Å². The predicted molar refractivity (Wildman–Crippen MR) is 88.1 cm³/mol. The Kier molecular flexibility index (Phi) is 4.73. The molecular weight excluding hydrogens is 294 g/mol. The Hall–Kier alpha value is -2.60. The number of hydrogen-bond acceptors (Lipinski definition) is 5. The molecule has 1 aliphatic heterocycles. The second kappa shape index (κ2) is 7.11. The number of benzene rings is 1. The summed E-state index contributed by atoms with van der Waals surface area (Å²) in [4.78, 5) is 16.2. The molecule has 0 aliphatic carbocycles. The number of carbonyl (C=O) groups is 1. The molecule has 1 saturated heterocycles. The summed E-state index contributed by atoms with van der Waals surface area (Å²) in [6.07, 6.45) is 3.02. The average Bonchev–Trinajstić information content (AvgIpc) is 3.12. The first-order valence-corrected chi connectivity index (χ1v) is 7.54. The fourth-order valence-electron chi connectivity index (χ4n) is 2.37. The molecule has 1 fully saturated rings. The summed E-state index contributed by atoms with van der Waals surface area (Å²) < 4.78 is 10.5. The molecule has 1 aromatic heterocycles. The number of ether oxygens (including phenoxy) is 2. The standard InChI is InChI=1S/C17H19N3O3/c1-22-14-7-4-12(5-8-14)19-13-6-9-16(18-11-13)20-17(21)15-3-2-10-23-15/h4-9,11,15,19H,2-3,10H2,1H3,(H,18,20,21). The first-order chi connectivity index (χ1) is 11.2. The molecule has 6 nitrogen and oxygen atoms in total. The van der Waals surface area contributed by atoms with E-state index in [2.05, 4.69) is 15.6 Å². The molecule has 2 N–H and O–H groups in total. The summed E-state index contributed by atoms with van der Waals surface area (Å²) in [6, 6.07) is 11.2. The maximum Gasteiger partial charge on any atom is 0.254 e. The van der Waals surface area contributed by atoms with Gasteiger partial charge < -0.3 is 20.1 Å². The van der Waals surface area contributed by atoms with Crippen LogP contribution in [0.5, 0.6) is 5.75 Å². The van der Waals surface area contributed by atoms with Crippen molar-refractivity contribution in [3.8, 4) is 5.75 Å². The molecule has 2 heterocycles. The summed E-state index contributed by atoms with van der Waals surface area (Å²) in [7, 11) is 1.63. The summed E-state index contributed by atoms with van der Waals surface area (Å²) >= 11 is 0. The van der Waals surface area contributed by atoms with Crippen LogP contribution in [0, 0.1) is 0 Å². The van der Waals surface area contributed by atoms with E-state index in [0.717, 1.165) is 30.0 Å². The zero-order chi connectivity index (χ0) is 16.1. The Labute approximate surface area is 134 Å². The van der Waals surface area contributed by atoms with Gasteiger partial charge in [-0.3, -0.25) is 4.79 Å². The Morgan fingerprint density at radius 3 is 2.61 bits per heavy atom. The molecule has 6 heteroatoms. The van der Waals surface area contributed by atoms with Crippen molar-refractivity contribution in [2.45, 2.75) is 18.9 Å². The van der Waals surface area contributed by atoms with Crippen LogP contribution in [-0.4, -0.2) is 30.7 Å². The van der Waals surface area contributed by atoms with E-state index in [9.17, 15) is 4.79 Å². The van der Waals surface area contributed by atoms with Crippen LogP contribution in [0.1, 0.15) is 12.8 Å². The van der Waals surface area contributed by atoms with E-state index >= 15 is 0 Å². The third-order valence-corrected chi connectivity index (χ3v) is 3.62. The van der Waals surface area contributed by atoms with Gasteiger partial charge in [0.25, 0.3) is 5.91 Å². The summed E-state index contributed by atoms with van der Waals surface area (Å²) in [5.41, 5.74) is 1.77. The fraction of sp³-hybridized carbons (Fsp3) is 0.294. The highest BCUT2D eigenvalue weighted by Crippen LogP contribution is 2.20. The lowest BCUT2D eigenvalue weighted by Crippen LogP contribution is -2.27. The highest BCUT2D eigenvalue weighted by atomic mass is 16.5. The van der Waals surface area contributed by atoms with Crippen molar-refractivity contribution >= 4 is 23.1 Å². The van der Waals surface area contributed by atoms with Gasteiger partial charge in [0.05, 0.1) is 19.0 Å². The van der Waals surface area contributed by atoms with Crippen LogP contribution in [0.25, 0.3) is 0 Å². The number of amides is 1. The van der Waals surface area contributed by atoms with Crippen LogP contribution in [0.15, 0.2) is 42.6 Å². The number of pyridine rings is 1. The van der Waals surface area contributed by atoms with Crippen molar-refractivity contribution in [3.05, 3.63) is 42.6 Å². The molecular formula is C17H19N3O3. The first-order valence-electron chi connectivity index (χ1n) is 7.54. The van der Waals surface area contributed by atoms with Crippen molar-refractivity contribution in [2.75, 3.05) is 24.4 Å². The number of nitrogens with one attached hydrogen (secondary N) is 2. The van der Waals surface area contributed by atoms with E-state index < -0.39 is 0 Å². The number of hydrogen-bond donors (Lipinski definition) is 2. The Bertz CT molecular complexity index is 650. The van der Waals surface area contributed by atoms with Crippen LogP contribution >= 0.6 is 0 Å². The molecule has 1 aromatic carbocycles. The third kappa shape index (κ3) is 3.98. The van der Waals surface area contributed by atoms with Gasteiger partial charge in [0.1, 0.15) is 17.7 Å². The largest absolute Gasteiger partial charge is 0.497 e. The number of methoxy groups -OCH3 is 1. The molecule has 1 atom stereocenters. The van der Waals surface area contributed by atoms with Crippen LogP contribution in [0.3, 0.4) is 0 Å². The van der Waals surface area contributed by atoms with Crippen molar-refractivity contribution in [1.82, 2.24) is 4.98 Å². The molecule has 2 aromatic rings. The van der Waals surface area contributed by atoms with Crippen molar-refractivity contribution in [2.24, 2.45) is 0 Å². The van der Waals surface area contributed by atoms with E-state index in [-0.39, 0.29) is 12.0 Å². The number of rotatable bonds is 5. The Morgan fingerprint density at radius 1 is 1.22 bits per heavy atom. The summed E-state index contributed by atoms with van der Waals surface area (Å²) in [6.45, 7) is 0.649. The van der Waals surface area contributed by atoms with Gasteiger partial charge in [-0.05, 0) is 49.2 Å². The maximum atomic E-state index is 11.9. The molecule has 3 rings (SSSR count). The monoisotopic (exact) mass is 313 g/mol. The van der Waals surface area contributed by atoms with Crippen molar-refractivity contribution in [1.29, 1.82) is 0 Å². The van der Waals surface area contributed by atoms with Gasteiger partial charge >= 0.3 is 0 Å². The predicted octanol–water partition coefficient (Wildman–Crippen LogP) is 2.95. The van der Waals surface area contributed by atoms with E-state index in [4.69, 9.17) is 9.47 Å². The van der Waals surface area contributed by atoms with E-state index in [1.54, 1.807) is 19.4 Å². The van der Waals surface area contributed by atoms with Gasteiger partial charge in [0.2, 0.25) is 0 Å².